The summed E-state index contributed by atoms with van der Waals surface area (Å²) in [5, 5.41) is 0.255. The van der Waals surface area contributed by atoms with Crippen molar-refractivity contribution >= 4 is 11.1 Å². The average Bonchev–Trinajstić information content (AvgIpc) is 2.67. The summed E-state index contributed by atoms with van der Waals surface area (Å²) in [6.45, 7) is 0.239. The Balaban J connectivity index is 1.70. The molecule has 0 aliphatic heterocycles. The molecule has 0 spiro atoms. The van der Waals surface area contributed by atoms with Gasteiger partial charge in [-0.15, -0.1) is 0 Å². The number of aromatic amines is 1. The molecule has 27 heavy (non-hydrogen) atoms. The van der Waals surface area contributed by atoms with Crippen molar-refractivity contribution in [3.05, 3.63) is 104 Å². The third kappa shape index (κ3) is 3.79. The van der Waals surface area contributed by atoms with Crippen molar-refractivity contribution < 1.29 is 9.15 Å². The van der Waals surface area contributed by atoms with Gasteiger partial charge in [-0.1, -0.05) is 60.7 Å². The van der Waals surface area contributed by atoms with Crippen LogP contribution in [-0.2, 0) is 13.0 Å². The zero-order valence-corrected chi connectivity index (χ0v) is 14.3. The van der Waals surface area contributed by atoms with Crippen LogP contribution < -0.4 is 15.9 Å². The van der Waals surface area contributed by atoms with Crippen LogP contribution in [0.3, 0.4) is 0 Å². The van der Waals surface area contributed by atoms with E-state index in [9.17, 15) is 9.59 Å². The molecule has 6 nitrogen and oxygen atoms in total. The molecular weight excluding hydrogens is 344 g/mol. The van der Waals surface area contributed by atoms with E-state index in [0.717, 1.165) is 11.1 Å². The van der Waals surface area contributed by atoms with E-state index in [2.05, 4.69) is 9.97 Å². The van der Waals surface area contributed by atoms with Gasteiger partial charge in [-0.2, -0.15) is 4.98 Å². The number of benzene rings is 2. The smallest absolute Gasteiger partial charge is 0.337 e. The molecule has 1 N–H and O–H groups in total. The van der Waals surface area contributed by atoms with Crippen LogP contribution in [0.5, 0.6) is 6.01 Å². The number of ether oxygens (including phenoxy) is 1. The van der Waals surface area contributed by atoms with Gasteiger partial charge in [0.25, 0.3) is 11.6 Å². The van der Waals surface area contributed by atoms with E-state index in [0.29, 0.717) is 12.0 Å². The first-order valence-corrected chi connectivity index (χ1v) is 8.47. The quantitative estimate of drug-likeness (QED) is 0.591. The molecule has 2 heterocycles. The fraction of sp³-hybridized carbons (Fsp3) is 0.0952. The fourth-order valence-corrected chi connectivity index (χ4v) is 2.88. The minimum absolute atomic E-state index is 0.0105. The third-order valence-electron chi connectivity index (χ3n) is 4.13. The van der Waals surface area contributed by atoms with Crippen molar-refractivity contribution in [3.8, 4) is 6.01 Å². The van der Waals surface area contributed by atoms with Gasteiger partial charge in [0.05, 0.1) is 0 Å². The maximum Gasteiger partial charge on any atom is 0.337 e. The number of rotatable bonds is 5. The van der Waals surface area contributed by atoms with Crippen LogP contribution in [0, 0.1) is 0 Å². The molecule has 0 amide bonds. The second kappa shape index (κ2) is 7.29. The van der Waals surface area contributed by atoms with Gasteiger partial charge >= 0.3 is 5.63 Å². The van der Waals surface area contributed by atoms with Crippen LogP contribution in [0.25, 0.3) is 11.1 Å². The Morgan fingerprint density at radius 2 is 1.59 bits per heavy atom. The van der Waals surface area contributed by atoms with Gasteiger partial charge < -0.3 is 9.15 Å². The lowest BCUT2D eigenvalue weighted by Crippen LogP contribution is -2.15. The molecule has 0 unspecified atom stereocenters. The molecule has 6 heteroatoms. The van der Waals surface area contributed by atoms with Crippen molar-refractivity contribution in [2.75, 3.05) is 0 Å². The van der Waals surface area contributed by atoms with Gasteiger partial charge in [-0.25, -0.2) is 4.79 Å². The van der Waals surface area contributed by atoms with Gasteiger partial charge in [0.2, 0.25) is 5.71 Å². The van der Waals surface area contributed by atoms with Crippen molar-refractivity contribution in [3.63, 3.8) is 0 Å². The normalized spacial score (nSPS) is 10.8. The second-order valence-corrected chi connectivity index (χ2v) is 6.08. The number of hydrogen-bond donors (Lipinski definition) is 1. The van der Waals surface area contributed by atoms with Gasteiger partial charge in [0.15, 0.2) is 0 Å². The van der Waals surface area contributed by atoms with Gasteiger partial charge in [-0.3, -0.25) is 9.78 Å². The van der Waals surface area contributed by atoms with Crippen molar-refractivity contribution in [1.29, 1.82) is 0 Å². The number of H-pyrrole nitrogens is 1. The average molecular weight is 360 g/mol. The summed E-state index contributed by atoms with van der Waals surface area (Å²) < 4.78 is 10.7. The van der Waals surface area contributed by atoms with E-state index in [1.54, 1.807) is 0 Å². The third-order valence-corrected chi connectivity index (χ3v) is 4.13. The summed E-state index contributed by atoms with van der Waals surface area (Å²) in [6.07, 6.45) is 0.428. The molecular formula is C21H16N2O4. The zero-order valence-electron chi connectivity index (χ0n) is 14.3. The van der Waals surface area contributed by atoms with Crippen LogP contribution in [-0.4, -0.2) is 9.97 Å². The number of aromatic nitrogens is 2. The Morgan fingerprint density at radius 3 is 2.30 bits per heavy atom. The highest BCUT2D eigenvalue weighted by molar-refractivity contribution is 5.76. The molecule has 2 aromatic carbocycles. The topological polar surface area (TPSA) is 85.2 Å². The molecule has 2 aromatic heterocycles. The van der Waals surface area contributed by atoms with Crippen molar-refractivity contribution in [2.24, 2.45) is 0 Å². The molecule has 0 aliphatic carbocycles. The summed E-state index contributed by atoms with van der Waals surface area (Å²) in [6, 6.07) is 20.4. The monoisotopic (exact) mass is 360 g/mol. The summed E-state index contributed by atoms with van der Waals surface area (Å²) in [4.78, 5) is 31.3. The Kier molecular flexibility index (Phi) is 4.53. The van der Waals surface area contributed by atoms with E-state index in [1.165, 1.54) is 6.07 Å². The Hall–Kier alpha value is -3.67. The Labute approximate surface area is 154 Å². The van der Waals surface area contributed by atoms with E-state index in [4.69, 9.17) is 9.15 Å². The molecule has 0 saturated heterocycles. The first kappa shape index (κ1) is 16.8. The van der Waals surface area contributed by atoms with E-state index in [-0.39, 0.29) is 23.7 Å². The van der Waals surface area contributed by atoms with Crippen LogP contribution in [0.1, 0.15) is 16.7 Å². The predicted octanol–water partition coefficient (Wildman–Crippen LogP) is 3.05. The molecule has 134 valence electrons. The molecule has 0 fully saturated rings. The summed E-state index contributed by atoms with van der Waals surface area (Å²) in [5.74, 6) is 0. The minimum Gasteiger partial charge on any atom is -0.460 e. The lowest BCUT2D eigenvalue weighted by Gasteiger charge is -2.07. The maximum absolute atomic E-state index is 12.6. The highest BCUT2D eigenvalue weighted by Gasteiger charge is 2.14. The lowest BCUT2D eigenvalue weighted by molar-refractivity contribution is 0.279. The number of nitrogens with zero attached hydrogens (tertiary/aromatic N) is 1. The molecule has 0 radical (unpaired) electrons. The summed E-state index contributed by atoms with van der Waals surface area (Å²) in [7, 11) is 0. The molecule has 4 aromatic rings. The number of hydrogen-bond acceptors (Lipinski definition) is 5. The molecule has 0 bridgehead atoms. The molecule has 0 saturated carbocycles. The van der Waals surface area contributed by atoms with Crippen molar-refractivity contribution in [2.45, 2.75) is 13.0 Å². The highest BCUT2D eigenvalue weighted by atomic mass is 16.5. The molecule has 0 aliphatic rings. The van der Waals surface area contributed by atoms with Crippen LogP contribution in [0.4, 0.5) is 0 Å². The van der Waals surface area contributed by atoms with Crippen LogP contribution >= 0.6 is 0 Å². The Bertz CT molecular complexity index is 1180. The summed E-state index contributed by atoms with van der Waals surface area (Å²) in [5.41, 5.74) is 1.49. The van der Waals surface area contributed by atoms with Gasteiger partial charge in [0, 0.05) is 6.07 Å². The van der Waals surface area contributed by atoms with E-state index in [1.807, 2.05) is 60.7 Å². The predicted molar refractivity (Wildman–Crippen MR) is 101 cm³/mol. The molecule has 4 rings (SSSR count). The minimum atomic E-state index is -0.555. The first-order chi connectivity index (χ1) is 13.2. The lowest BCUT2D eigenvalue weighted by atomic mass is 10.0. The Morgan fingerprint density at radius 1 is 0.926 bits per heavy atom. The number of nitrogens with one attached hydrogen (secondary N) is 1. The first-order valence-electron chi connectivity index (χ1n) is 8.47. The van der Waals surface area contributed by atoms with Crippen LogP contribution in [0.15, 0.2) is 80.7 Å². The van der Waals surface area contributed by atoms with Crippen LogP contribution in [0.2, 0.25) is 0 Å². The number of fused-ring (bicyclic) bond motifs is 1. The zero-order chi connectivity index (χ0) is 18.6. The SMILES string of the molecule is O=c1cc(Cc2ccccc2)c2c(=O)[nH]c(OCc3ccccc3)nc2o1. The van der Waals surface area contributed by atoms with Gasteiger partial charge in [0.1, 0.15) is 12.0 Å². The fourth-order valence-electron chi connectivity index (χ4n) is 2.88. The molecule has 0 atom stereocenters. The highest BCUT2D eigenvalue weighted by Crippen LogP contribution is 2.17. The van der Waals surface area contributed by atoms with Crippen molar-refractivity contribution in [1.82, 2.24) is 9.97 Å². The second-order valence-electron chi connectivity index (χ2n) is 6.08. The van der Waals surface area contributed by atoms with E-state index < -0.39 is 11.2 Å². The van der Waals surface area contributed by atoms with E-state index >= 15 is 0 Å². The standard InChI is InChI=1S/C21H16N2O4/c24-17-12-16(11-14-7-3-1-4-8-14)18-19(25)22-21(23-20(18)27-17)26-13-15-9-5-2-6-10-15/h1-10,12H,11,13H2,(H,22,23,25). The maximum atomic E-state index is 12.6. The van der Waals surface area contributed by atoms with Gasteiger partial charge in [-0.05, 0) is 23.1 Å². The largest absolute Gasteiger partial charge is 0.460 e. The summed E-state index contributed by atoms with van der Waals surface area (Å²) >= 11 is 0.